The number of carbonyl (C=O) groups excluding carboxylic acids is 1. The summed E-state index contributed by atoms with van der Waals surface area (Å²) in [5, 5.41) is 9.39. The van der Waals surface area contributed by atoms with E-state index in [0.29, 0.717) is 18.2 Å². The fourth-order valence-corrected chi connectivity index (χ4v) is 2.55. The number of aliphatic hydroxyl groups excluding tert-OH is 1. The van der Waals surface area contributed by atoms with Crippen LogP contribution in [0.2, 0.25) is 0 Å². The molecule has 3 unspecified atom stereocenters. The number of ether oxygens (including phenoxy) is 1. The fourth-order valence-electron chi connectivity index (χ4n) is 2.55. The van der Waals surface area contributed by atoms with Crippen molar-refractivity contribution in [3.05, 3.63) is 30.3 Å². The molecule has 1 fully saturated rings. The van der Waals surface area contributed by atoms with Gasteiger partial charge in [0.25, 0.3) is 5.91 Å². The predicted octanol–water partition coefficient (Wildman–Crippen LogP) is 1.68. The molecule has 4 heteroatoms. The van der Waals surface area contributed by atoms with E-state index >= 15 is 0 Å². The van der Waals surface area contributed by atoms with Crippen LogP contribution in [0.4, 0.5) is 0 Å². The summed E-state index contributed by atoms with van der Waals surface area (Å²) in [7, 11) is 0. The third-order valence-corrected chi connectivity index (χ3v) is 3.76. The molecule has 1 aromatic rings. The molecule has 0 saturated carbocycles. The van der Waals surface area contributed by atoms with Crippen LogP contribution in [0.25, 0.3) is 0 Å². The maximum atomic E-state index is 12.4. The second-order valence-electron chi connectivity index (χ2n) is 5.12. The summed E-state index contributed by atoms with van der Waals surface area (Å²) in [5.74, 6) is 0.987. The fraction of sp³-hybridized carbons (Fsp3) is 0.533. The SMILES string of the molecule is CC(Oc1ccccc1)C(=O)N1CCC(C)C1CO. The van der Waals surface area contributed by atoms with Crippen LogP contribution in [0, 0.1) is 5.92 Å². The lowest BCUT2D eigenvalue weighted by atomic mass is 10.0. The van der Waals surface area contributed by atoms with Crippen LogP contribution in [-0.4, -0.2) is 41.2 Å². The van der Waals surface area contributed by atoms with Crippen LogP contribution in [0.3, 0.4) is 0 Å². The molecule has 0 aliphatic carbocycles. The summed E-state index contributed by atoms with van der Waals surface area (Å²) >= 11 is 0. The van der Waals surface area contributed by atoms with Crippen molar-refractivity contribution in [2.45, 2.75) is 32.4 Å². The van der Waals surface area contributed by atoms with Gasteiger partial charge in [0.15, 0.2) is 6.10 Å². The van der Waals surface area contributed by atoms with Gasteiger partial charge in [-0.15, -0.1) is 0 Å². The van der Waals surface area contributed by atoms with E-state index in [-0.39, 0.29) is 18.6 Å². The quantitative estimate of drug-likeness (QED) is 0.899. The smallest absolute Gasteiger partial charge is 0.263 e. The maximum absolute atomic E-state index is 12.4. The summed E-state index contributed by atoms with van der Waals surface area (Å²) in [4.78, 5) is 14.1. The molecule has 104 valence electrons. The maximum Gasteiger partial charge on any atom is 0.263 e. The Morgan fingerprint density at radius 2 is 2.16 bits per heavy atom. The van der Waals surface area contributed by atoms with E-state index in [0.717, 1.165) is 6.42 Å². The first-order valence-corrected chi connectivity index (χ1v) is 6.76. The van der Waals surface area contributed by atoms with Crippen LogP contribution < -0.4 is 4.74 Å². The van der Waals surface area contributed by atoms with Crippen LogP contribution in [0.15, 0.2) is 30.3 Å². The molecular formula is C15H21NO3. The van der Waals surface area contributed by atoms with Gasteiger partial charge in [-0.3, -0.25) is 4.79 Å². The van der Waals surface area contributed by atoms with Gasteiger partial charge < -0.3 is 14.7 Å². The van der Waals surface area contributed by atoms with Gasteiger partial charge in [0.1, 0.15) is 5.75 Å². The number of hydrogen-bond donors (Lipinski definition) is 1. The molecule has 1 saturated heterocycles. The van der Waals surface area contributed by atoms with E-state index in [1.807, 2.05) is 30.3 Å². The highest BCUT2D eigenvalue weighted by atomic mass is 16.5. The molecule has 1 aliphatic heterocycles. The lowest BCUT2D eigenvalue weighted by Gasteiger charge is -2.28. The molecule has 3 atom stereocenters. The van der Waals surface area contributed by atoms with E-state index in [1.54, 1.807) is 11.8 Å². The average molecular weight is 263 g/mol. The van der Waals surface area contributed by atoms with E-state index < -0.39 is 6.10 Å². The average Bonchev–Trinajstić information content (AvgIpc) is 2.80. The number of para-hydroxylation sites is 1. The topological polar surface area (TPSA) is 49.8 Å². The molecule has 1 amide bonds. The Morgan fingerprint density at radius 3 is 2.79 bits per heavy atom. The van der Waals surface area contributed by atoms with E-state index in [4.69, 9.17) is 4.74 Å². The Bertz CT molecular complexity index is 421. The van der Waals surface area contributed by atoms with Crippen molar-refractivity contribution in [2.75, 3.05) is 13.2 Å². The number of benzene rings is 1. The summed E-state index contributed by atoms with van der Waals surface area (Å²) in [5.41, 5.74) is 0. The molecular weight excluding hydrogens is 242 g/mol. The van der Waals surface area contributed by atoms with Crippen LogP contribution >= 0.6 is 0 Å². The number of rotatable bonds is 4. The minimum Gasteiger partial charge on any atom is -0.481 e. The number of hydrogen-bond acceptors (Lipinski definition) is 3. The Balaban J connectivity index is 1.99. The van der Waals surface area contributed by atoms with E-state index in [1.165, 1.54) is 0 Å². The molecule has 1 N–H and O–H groups in total. The highest BCUT2D eigenvalue weighted by Crippen LogP contribution is 2.25. The molecule has 1 aliphatic rings. The monoisotopic (exact) mass is 263 g/mol. The minimum atomic E-state index is -0.526. The van der Waals surface area contributed by atoms with Gasteiger partial charge in [-0.25, -0.2) is 0 Å². The lowest BCUT2D eigenvalue weighted by molar-refractivity contribution is -0.139. The van der Waals surface area contributed by atoms with Crippen molar-refractivity contribution in [3.8, 4) is 5.75 Å². The van der Waals surface area contributed by atoms with Gasteiger partial charge in [0, 0.05) is 6.54 Å². The highest BCUT2D eigenvalue weighted by molar-refractivity contribution is 5.81. The summed E-state index contributed by atoms with van der Waals surface area (Å²) in [6, 6.07) is 9.25. The van der Waals surface area contributed by atoms with Crippen LogP contribution in [0.5, 0.6) is 5.75 Å². The molecule has 2 rings (SSSR count). The second kappa shape index (κ2) is 6.06. The molecule has 1 aromatic carbocycles. The molecule has 1 heterocycles. The van der Waals surface area contributed by atoms with E-state index in [9.17, 15) is 9.90 Å². The molecule has 0 aromatic heterocycles. The number of aliphatic hydroxyl groups is 1. The Kier molecular flexibility index (Phi) is 4.43. The van der Waals surface area contributed by atoms with Gasteiger partial charge in [-0.05, 0) is 31.4 Å². The first kappa shape index (κ1) is 13.9. The van der Waals surface area contributed by atoms with Crippen molar-refractivity contribution in [1.82, 2.24) is 4.90 Å². The van der Waals surface area contributed by atoms with Gasteiger partial charge in [0.05, 0.1) is 12.6 Å². The van der Waals surface area contributed by atoms with E-state index in [2.05, 4.69) is 6.92 Å². The third-order valence-electron chi connectivity index (χ3n) is 3.76. The lowest BCUT2D eigenvalue weighted by Crippen LogP contribution is -2.45. The van der Waals surface area contributed by atoms with Crippen molar-refractivity contribution in [1.29, 1.82) is 0 Å². The zero-order valence-corrected chi connectivity index (χ0v) is 11.5. The van der Waals surface area contributed by atoms with Crippen molar-refractivity contribution in [3.63, 3.8) is 0 Å². The molecule has 19 heavy (non-hydrogen) atoms. The largest absolute Gasteiger partial charge is 0.481 e. The van der Waals surface area contributed by atoms with Crippen molar-refractivity contribution < 1.29 is 14.6 Å². The van der Waals surface area contributed by atoms with Crippen molar-refractivity contribution >= 4 is 5.91 Å². The number of carbonyl (C=O) groups is 1. The number of likely N-dealkylation sites (tertiary alicyclic amines) is 1. The Morgan fingerprint density at radius 1 is 1.47 bits per heavy atom. The molecule has 0 spiro atoms. The predicted molar refractivity (Wildman–Crippen MR) is 72.9 cm³/mol. The van der Waals surface area contributed by atoms with Gasteiger partial charge in [0.2, 0.25) is 0 Å². The summed E-state index contributed by atoms with van der Waals surface area (Å²) in [6.45, 7) is 4.54. The second-order valence-corrected chi connectivity index (χ2v) is 5.12. The zero-order valence-electron chi connectivity index (χ0n) is 11.5. The van der Waals surface area contributed by atoms with Gasteiger partial charge >= 0.3 is 0 Å². The van der Waals surface area contributed by atoms with Crippen molar-refractivity contribution in [2.24, 2.45) is 5.92 Å². The minimum absolute atomic E-state index is 0.0188. The first-order valence-electron chi connectivity index (χ1n) is 6.76. The Hall–Kier alpha value is -1.55. The highest BCUT2D eigenvalue weighted by Gasteiger charge is 2.36. The first-order chi connectivity index (χ1) is 9.13. The normalized spacial score (nSPS) is 24.3. The number of nitrogens with zero attached hydrogens (tertiary/aromatic N) is 1. The van der Waals surface area contributed by atoms with Crippen LogP contribution in [0.1, 0.15) is 20.3 Å². The third kappa shape index (κ3) is 3.07. The number of amides is 1. The standard InChI is InChI=1S/C15H21NO3/c1-11-8-9-16(14(11)10-17)15(18)12(2)19-13-6-4-3-5-7-13/h3-7,11-12,14,17H,8-10H2,1-2H3. The van der Waals surface area contributed by atoms with Gasteiger partial charge in [-0.2, -0.15) is 0 Å². The molecule has 0 radical (unpaired) electrons. The Labute approximate surface area is 114 Å². The molecule has 0 bridgehead atoms. The summed E-state index contributed by atoms with van der Waals surface area (Å²) in [6.07, 6.45) is 0.413. The zero-order chi connectivity index (χ0) is 13.8. The van der Waals surface area contributed by atoms with Crippen LogP contribution in [-0.2, 0) is 4.79 Å². The van der Waals surface area contributed by atoms with Gasteiger partial charge in [-0.1, -0.05) is 25.1 Å². The molecule has 4 nitrogen and oxygen atoms in total. The summed E-state index contributed by atoms with van der Waals surface area (Å²) < 4.78 is 5.64.